The van der Waals surface area contributed by atoms with Crippen LogP contribution in [-0.2, 0) is 4.74 Å². The van der Waals surface area contributed by atoms with Crippen LogP contribution in [0.25, 0.3) is 0 Å². The Hall–Kier alpha value is -1.75. The van der Waals surface area contributed by atoms with Gasteiger partial charge in [-0.2, -0.15) is 0 Å². The van der Waals surface area contributed by atoms with Crippen molar-refractivity contribution < 1.29 is 19.4 Å². The van der Waals surface area contributed by atoms with Crippen LogP contribution in [0.3, 0.4) is 0 Å². The lowest BCUT2D eigenvalue weighted by Gasteiger charge is -2.15. The molecule has 5 nitrogen and oxygen atoms in total. The van der Waals surface area contributed by atoms with Gasteiger partial charge < -0.3 is 19.9 Å². The summed E-state index contributed by atoms with van der Waals surface area (Å²) in [5, 5.41) is 11.7. The number of alkyl carbamates (subject to hydrolysis) is 1. The number of amides is 1. The Morgan fingerprint density at radius 2 is 2.12 bits per heavy atom. The van der Waals surface area contributed by atoms with Gasteiger partial charge in [0.1, 0.15) is 5.75 Å². The highest BCUT2D eigenvalue weighted by molar-refractivity contribution is 5.70. The molecule has 0 bridgehead atoms. The minimum atomic E-state index is -0.527. The maximum absolute atomic E-state index is 11.1. The highest BCUT2D eigenvalue weighted by Gasteiger charge is 2.34. The van der Waals surface area contributed by atoms with Crippen LogP contribution < -0.4 is 10.1 Å². The van der Waals surface area contributed by atoms with Gasteiger partial charge in [-0.05, 0) is 17.7 Å². The van der Waals surface area contributed by atoms with Crippen molar-refractivity contribution in [3.63, 3.8) is 0 Å². The maximum Gasteiger partial charge on any atom is 0.408 e. The van der Waals surface area contributed by atoms with Gasteiger partial charge in [0.05, 0.1) is 19.8 Å². The lowest BCUT2D eigenvalue weighted by molar-refractivity contribution is 0.0829. The zero-order chi connectivity index (χ0) is 11.5. The van der Waals surface area contributed by atoms with Gasteiger partial charge in [0.25, 0.3) is 0 Å². The van der Waals surface area contributed by atoms with Gasteiger partial charge in [-0.1, -0.05) is 12.1 Å². The van der Waals surface area contributed by atoms with Gasteiger partial charge >= 0.3 is 6.09 Å². The number of ether oxygens (including phenoxy) is 2. The minimum Gasteiger partial charge on any atom is -0.497 e. The average molecular weight is 223 g/mol. The zero-order valence-corrected chi connectivity index (χ0v) is 8.84. The van der Waals surface area contributed by atoms with E-state index in [1.54, 1.807) is 19.2 Å². The van der Waals surface area contributed by atoms with Crippen molar-refractivity contribution in [1.29, 1.82) is 0 Å². The van der Waals surface area contributed by atoms with Crippen LogP contribution >= 0.6 is 0 Å². The number of aliphatic hydroxyl groups excluding tert-OH is 1. The van der Waals surface area contributed by atoms with Crippen LogP contribution in [0.15, 0.2) is 24.3 Å². The number of hydrogen-bond donors (Lipinski definition) is 2. The third-order valence-corrected chi connectivity index (χ3v) is 2.56. The van der Waals surface area contributed by atoms with Crippen molar-refractivity contribution in [2.24, 2.45) is 0 Å². The molecule has 2 rings (SSSR count). The van der Waals surface area contributed by atoms with E-state index in [9.17, 15) is 4.79 Å². The SMILES string of the molecule is COc1ccc(C2NC(=O)O[C@H]2CO)cc1. The lowest BCUT2D eigenvalue weighted by Crippen LogP contribution is -2.24. The lowest BCUT2D eigenvalue weighted by atomic mass is 10.0. The fourth-order valence-corrected chi connectivity index (χ4v) is 1.71. The molecule has 16 heavy (non-hydrogen) atoms. The highest BCUT2D eigenvalue weighted by Crippen LogP contribution is 2.25. The Bertz CT molecular complexity index is 376. The number of rotatable bonds is 3. The fraction of sp³-hybridized carbons (Fsp3) is 0.364. The molecule has 2 N–H and O–H groups in total. The minimum absolute atomic E-state index is 0.199. The second kappa shape index (κ2) is 4.40. The third kappa shape index (κ3) is 1.94. The first kappa shape index (κ1) is 10.8. The second-order valence-corrected chi connectivity index (χ2v) is 3.52. The summed E-state index contributed by atoms with van der Waals surface area (Å²) in [6.07, 6.45) is -1.03. The molecule has 2 atom stereocenters. The molecule has 1 fully saturated rings. The van der Waals surface area contributed by atoms with Crippen LogP contribution in [0.2, 0.25) is 0 Å². The number of carbonyl (C=O) groups is 1. The normalized spacial score (nSPS) is 23.8. The molecule has 1 aliphatic heterocycles. The summed E-state index contributed by atoms with van der Waals surface area (Å²) in [7, 11) is 1.59. The van der Waals surface area contributed by atoms with Crippen molar-refractivity contribution in [2.75, 3.05) is 13.7 Å². The Labute approximate surface area is 93.0 Å². The summed E-state index contributed by atoms with van der Waals surface area (Å²) >= 11 is 0. The molecule has 0 saturated carbocycles. The largest absolute Gasteiger partial charge is 0.497 e. The van der Waals surface area contributed by atoms with Gasteiger partial charge in [-0.25, -0.2) is 4.79 Å². The molecule has 0 radical (unpaired) electrons. The van der Waals surface area contributed by atoms with E-state index < -0.39 is 12.2 Å². The number of carbonyl (C=O) groups excluding carboxylic acids is 1. The molecule has 1 heterocycles. The Morgan fingerprint density at radius 3 is 2.69 bits per heavy atom. The molecule has 0 aromatic heterocycles. The van der Waals surface area contributed by atoms with Crippen LogP contribution in [0.4, 0.5) is 4.79 Å². The number of aliphatic hydroxyl groups is 1. The molecule has 1 unspecified atom stereocenters. The van der Waals surface area contributed by atoms with Gasteiger partial charge in [-0.15, -0.1) is 0 Å². The van der Waals surface area contributed by atoms with E-state index in [0.29, 0.717) is 0 Å². The Balaban J connectivity index is 2.19. The van der Waals surface area contributed by atoms with Crippen molar-refractivity contribution in [2.45, 2.75) is 12.1 Å². The maximum atomic E-state index is 11.1. The van der Waals surface area contributed by atoms with Gasteiger partial charge in [0.15, 0.2) is 6.10 Å². The molecule has 1 aliphatic rings. The van der Waals surface area contributed by atoms with E-state index in [1.165, 1.54) is 0 Å². The predicted molar refractivity (Wildman–Crippen MR) is 56.2 cm³/mol. The molecule has 1 aromatic carbocycles. The fourth-order valence-electron chi connectivity index (χ4n) is 1.71. The highest BCUT2D eigenvalue weighted by atomic mass is 16.6. The molecule has 86 valence electrons. The second-order valence-electron chi connectivity index (χ2n) is 3.52. The first-order valence-electron chi connectivity index (χ1n) is 4.96. The molecular weight excluding hydrogens is 210 g/mol. The predicted octanol–water partition coefficient (Wildman–Crippen LogP) is 0.837. The van der Waals surface area contributed by atoms with E-state index in [1.807, 2.05) is 12.1 Å². The first-order chi connectivity index (χ1) is 7.74. The van der Waals surface area contributed by atoms with E-state index in [2.05, 4.69) is 5.32 Å². The smallest absolute Gasteiger partial charge is 0.408 e. The first-order valence-corrected chi connectivity index (χ1v) is 4.96. The molecule has 1 saturated heterocycles. The number of cyclic esters (lactones) is 1. The van der Waals surface area contributed by atoms with E-state index in [-0.39, 0.29) is 12.6 Å². The summed E-state index contributed by atoms with van der Waals surface area (Å²) in [5.41, 5.74) is 0.880. The summed E-state index contributed by atoms with van der Waals surface area (Å²) in [6, 6.07) is 6.97. The average Bonchev–Trinajstić information content (AvgIpc) is 2.70. The van der Waals surface area contributed by atoms with Crippen LogP contribution in [-0.4, -0.2) is 31.0 Å². The summed E-state index contributed by atoms with van der Waals surface area (Å²) in [5.74, 6) is 0.745. The Morgan fingerprint density at radius 1 is 1.44 bits per heavy atom. The summed E-state index contributed by atoms with van der Waals surface area (Å²) in [4.78, 5) is 11.1. The van der Waals surface area contributed by atoms with Crippen LogP contribution in [0, 0.1) is 0 Å². The van der Waals surface area contributed by atoms with Crippen molar-refractivity contribution >= 4 is 6.09 Å². The van der Waals surface area contributed by atoms with Crippen molar-refractivity contribution in [3.8, 4) is 5.75 Å². The summed E-state index contributed by atoms with van der Waals surface area (Å²) in [6.45, 7) is -0.199. The van der Waals surface area contributed by atoms with Crippen molar-refractivity contribution in [1.82, 2.24) is 5.32 Å². The molecule has 5 heteroatoms. The number of benzene rings is 1. The molecular formula is C11H13NO4. The van der Waals surface area contributed by atoms with Gasteiger partial charge in [0.2, 0.25) is 0 Å². The van der Waals surface area contributed by atoms with Crippen LogP contribution in [0.5, 0.6) is 5.75 Å². The van der Waals surface area contributed by atoms with Crippen molar-refractivity contribution in [3.05, 3.63) is 29.8 Å². The monoisotopic (exact) mass is 223 g/mol. The standard InChI is InChI=1S/C11H13NO4/c1-15-8-4-2-7(3-5-8)10-9(6-13)16-11(14)12-10/h2-5,9-10,13H,6H2,1H3,(H,12,14)/t9-,10?/m0/s1. The molecule has 0 aliphatic carbocycles. The van der Waals surface area contributed by atoms with E-state index in [0.717, 1.165) is 11.3 Å². The third-order valence-electron chi connectivity index (χ3n) is 2.56. The zero-order valence-electron chi connectivity index (χ0n) is 8.84. The van der Waals surface area contributed by atoms with Gasteiger partial charge in [0, 0.05) is 0 Å². The molecule has 1 amide bonds. The molecule has 0 spiro atoms. The number of hydrogen-bond acceptors (Lipinski definition) is 4. The quantitative estimate of drug-likeness (QED) is 0.796. The Kier molecular flexibility index (Phi) is 2.96. The number of nitrogens with one attached hydrogen (secondary N) is 1. The van der Waals surface area contributed by atoms with E-state index >= 15 is 0 Å². The molecule has 1 aromatic rings. The topological polar surface area (TPSA) is 67.8 Å². The van der Waals surface area contributed by atoms with Gasteiger partial charge in [-0.3, -0.25) is 0 Å². The number of methoxy groups -OCH3 is 1. The van der Waals surface area contributed by atoms with Crippen LogP contribution in [0.1, 0.15) is 11.6 Å². The summed E-state index contributed by atoms with van der Waals surface area (Å²) < 4.78 is 9.94. The van der Waals surface area contributed by atoms with E-state index in [4.69, 9.17) is 14.6 Å².